The van der Waals surface area contributed by atoms with Crippen LogP contribution in [0.1, 0.15) is 45.1 Å². The maximum Gasteiger partial charge on any atom is 0.408 e. The van der Waals surface area contributed by atoms with Crippen molar-refractivity contribution in [1.82, 2.24) is 14.9 Å². The molecule has 3 rings (SSSR count). The van der Waals surface area contributed by atoms with Crippen LogP contribution in [0.5, 0.6) is 0 Å². The molecule has 3 aromatic rings. The number of ether oxygens (including phenoxy) is 1. The van der Waals surface area contributed by atoms with E-state index < -0.39 is 17.7 Å². The molecule has 1 atom stereocenters. The summed E-state index contributed by atoms with van der Waals surface area (Å²) in [5.74, 6) is 0.393. The minimum absolute atomic E-state index is 0.289. The lowest BCUT2D eigenvalue weighted by molar-refractivity contribution is 0.0505. The Hall–Kier alpha value is -2.86. The number of hydrogen-bond donors (Lipinski definition) is 1. The highest BCUT2D eigenvalue weighted by Crippen LogP contribution is 2.25. The predicted molar refractivity (Wildman–Crippen MR) is 115 cm³/mol. The van der Waals surface area contributed by atoms with Crippen molar-refractivity contribution in [3.63, 3.8) is 0 Å². The zero-order chi connectivity index (χ0) is 21.3. The lowest BCUT2D eigenvalue weighted by Gasteiger charge is -2.23. The van der Waals surface area contributed by atoms with Crippen LogP contribution in [0.25, 0.3) is 16.6 Å². The van der Waals surface area contributed by atoms with Gasteiger partial charge in [-0.05, 0) is 58.4 Å². The number of nitrogens with one attached hydrogen (secondary N) is 1. The van der Waals surface area contributed by atoms with Crippen LogP contribution < -0.4 is 10.9 Å². The number of rotatable bonds is 3. The van der Waals surface area contributed by atoms with Gasteiger partial charge in [0, 0.05) is 0 Å². The van der Waals surface area contributed by atoms with Gasteiger partial charge in [-0.25, -0.2) is 9.78 Å². The van der Waals surface area contributed by atoms with Gasteiger partial charge in [0.25, 0.3) is 5.56 Å². The molecule has 0 radical (unpaired) electrons. The normalized spacial score (nSPS) is 12.6. The number of halogens is 1. The summed E-state index contributed by atoms with van der Waals surface area (Å²) < 4.78 is 6.83. The summed E-state index contributed by atoms with van der Waals surface area (Å²) in [6.45, 7) is 8.99. The quantitative estimate of drug-likeness (QED) is 0.660. The fourth-order valence-electron chi connectivity index (χ4n) is 3.06. The van der Waals surface area contributed by atoms with E-state index in [4.69, 9.17) is 21.3 Å². The fourth-order valence-corrected chi connectivity index (χ4v) is 3.30. The number of benzene rings is 2. The van der Waals surface area contributed by atoms with Crippen LogP contribution in [0.2, 0.25) is 5.02 Å². The lowest BCUT2D eigenvalue weighted by Crippen LogP contribution is -2.37. The van der Waals surface area contributed by atoms with Crippen molar-refractivity contribution in [3.05, 3.63) is 69.2 Å². The molecule has 7 heteroatoms. The Morgan fingerprint density at radius 3 is 2.45 bits per heavy atom. The predicted octanol–water partition coefficient (Wildman–Crippen LogP) is 4.93. The molecule has 1 aromatic heterocycles. The second-order valence-electron chi connectivity index (χ2n) is 7.90. The van der Waals surface area contributed by atoms with Gasteiger partial charge in [-0.1, -0.05) is 35.9 Å². The van der Waals surface area contributed by atoms with E-state index in [1.54, 1.807) is 33.8 Å². The van der Waals surface area contributed by atoms with Gasteiger partial charge in [0.05, 0.1) is 27.7 Å². The highest BCUT2D eigenvalue weighted by molar-refractivity contribution is 6.35. The summed E-state index contributed by atoms with van der Waals surface area (Å²) in [7, 11) is 0. The summed E-state index contributed by atoms with van der Waals surface area (Å²) in [5, 5.41) is 3.46. The van der Waals surface area contributed by atoms with Crippen LogP contribution in [0.3, 0.4) is 0 Å². The van der Waals surface area contributed by atoms with Crippen LogP contribution >= 0.6 is 11.6 Å². The third kappa shape index (κ3) is 4.43. The second kappa shape index (κ2) is 7.87. The number of carbonyl (C=O) groups is 1. The van der Waals surface area contributed by atoms with Crippen molar-refractivity contribution >= 4 is 28.6 Å². The molecule has 0 spiro atoms. The van der Waals surface area contributed by atoms with Gasteiger partial charge in [-0.3, -0.25) is 9.36 Å². The monoisotopic (exact) mass is 413 g/mol. The molecule has 6 nitrogen and oxygen atoms in total. The molecule has 0 saturated heterocycles. The van der Waals surface area contributed by atoms with E-state index in [0.29, 0.717) is 27.4 Å². The first-order chi connectivity index (χ1) is 13.6. The average Bonchev–Trinajstić information content (AvgIpc) is 2.63. The first-order valence-electron chi connectivity index (χ1n) is 9.35. The molecule has 0 bridgehead atoms. The number of aryl methyl sites for hydroxylation is 1. The van der Waals surface area contributed by atoms with Gasteiger partial charge >= 0.3 is 6.09 Å². The maximum absolute atomic E-state index is 13.4. The third-order valence-corrected chi connectivity index (χ3v) is 4.65. The molecule has 1 heterocycles. The van der Waals surface area contributed by atoms with Crippen molar-refractivity contribution < 1.29 is 9.53 Å². The van der Waals surface area contributed by atoms with Crippen molar-refractivity contribution in [2.75, 3.05) is 0 Å². The van der Waals surface area contributed by atoms with E-state index in [2.05, 4.69) is 5.32 Å². The first-order valence-corrected chi connectivity index (χ1v) is 9.73. The zero-order valence-corrected chi connectivity index (χ0v) is 17.9. The van der Waals surface area contributed by atoms with E-state index >= 15 is 0 Å². The Balaban J connectivity index is 2.21. The number of nitrogens with zero attached hydrogens (tertiary/aromatic N) is 2. The lowest BCUT2D eigenvalue weighted by atomic mass is 10.1. The summed E-state index contributed by atoms with van der Waals surface area (Å²) in [4.78, 5) is 30.5. The van der Waals surface area contributed by atoms with E-state index in [1.165, 1.54) is 4.57 Å². The van der Waals surface area contributed by atoms with Gasteiger partial charge < -0.3 is 10.1 Å². The number of hydrogen-bond acceptors (Lipinski definition) is 4. The third-order valence-electron chi connectivity index (χ3n) is 4.34. The molecule has 0 unspecified atom stereocenters. The Labute approximate surface area is 174 Å². The van der Waals surface area contributed by atoms with Gasteiger partial charge in [0.15, 0.2) is 0 Å². The highest BCUT2D eigenvalue weighted by Gasteiger charge is 2.23. The molecule has 2 aromatic carbocycles. The Morgan fingerprint density at radius 1 is 1.17 bits per heavy atom. The Bertz CT molecular complexity index is 1120. The number of amides is 1. The van der Waals surface area contributed by atoms with E-state index in [0.717, 1.165) is 5.56 Å². The smallest absolute Gasteiger partial charge is 0.408 e. The van der Waals surface area contributed by atoms with Crippen LogP contribution in [0.15, 0.2) is 47.3 Å². The van der Waals surface area contributed by atoms with E-state index in [9.17, 15) is 9.59 Å². The van der Waals surface area contributed by atoms with Crippen molar-refractivity contribution in [2.45, 2.75) is 46.3 Å². The van der Waals surface area contributed by atoms with Crippen LogP contribution in [-0.2, 0) is 4.74 Å². The topological polar surface area (TPSA) is 73.2 Å². The Kier molecular flexibility index (Phi) is 5.66. The summed E-state index contributed by atoms with van der Waals surface area (Å²) in [5.41, 5.74) is 1.05. The fraction of sp³-hybridized carbons (Fsp3) is 0.318. The van der Waals surface area contributed by atoms with E-state index in [-0.39, 0.29) is 5.56 Å². The molecule has 1 N–H and O–H groups in total. The molecular formula is C22H24ClN3O3. The van der Waals surface area contributed by atoms with Crippen molar-refractivity contribution in [1.29, 1.82) is 0 Å². The number of fused-ring (bicyclic) bond motifs is 1. The van der Waals surface area contributed by atoms with Gasteiger partial charge in [-0.15, -0.1) is 0 Å². The van der Waals surface area contributed by atoms with Crippen molar-refractivity contribution in [3.8, 4) is 5.69 Å². The summed E-state index contributed by atoms with van der Waals surface area (Å²) in [6.07, 6.45) is -0.582. The molecule has 1 amide bonds. The molecule has 0 aliphatic rings. The molecule has 0 aliphatic carbocycles. The van der Waals surface area contributed by atoms with Gasteiger partial charge in [0.2, 0.25) is 0 Å². The van der Waals surface area contributed by atoms with Crippen LogP contribution in [-0.4, -0.2) is 21.2 Å². The average molecular weight is 414 g/mol. The molecule has 0 fully saturated rings. The molecular weight excluding hydrogens is 390 g/mol. The number of carbonyl (C=O) groups excluding carboxylic acids is 1. The summed E-state index contributed by atoms with van der Waals surface area (Å²) >= 11 is 6.34. The molecule has 152 valence electrons. The molecule has 0 aliphatic heterocycles. The minimum Gasteiger partial charge on any atom is -0.444 e. The Morgan fingerprint density at radius 2 is 1.83 bits per heavy atom. The zero-order valence-electron chi connectivity index (χ0n) is 17.1. The van der Waals surface area contributed by atoms with Crippen LogP contribution in [0.4, 0.5) is 4.79 Å². The first kappa shape index (κ1) is 20.9. The van der Waals surface area contributed by atoms with E-state index in [1.807, 2.05) is 43.3 Å². The number of para-hydroxylation sites is 1. The second-order valence-corrected chi connectivity index (χ2v) is 8.31. The van der Waals surface area contributed by atoms with Gasteiger partial charge in [-0.2, -0.15) is 0 Å². The standard InChI is InChI=1S/C22H24ClN3O3/c1-13-11-12-16(23)17-18(13)25-19(14(2)24-21(28)29-22(3,4)5)26(20(17)27)15-9-7-6-8-10-15/h6-12,14H,1-5H3,(H,24,28)/t14-/m0/s1. The summed E-state index contributed by atoms with van der Waals surface area (Å²) in [6, 6.07) is 12.1. The highest BCUT2D eigenvalue weighted by atomic mass is 35.5. The van der Waals surface area contributed by atoms with Crippen molar-refractivity contribution in [2.24, 2.45) is 0 Å². The SMILES string of the molecule is Cc1ccc(Cl)c2c(=O)n(-c3ccccc3)c([C@H](C)NC(=O)OC(C)(C)C)nc12. The van der Waals surface area contributed by atoms with Crippen LogP contribution in [0, 0.1) is 6.92 Å². The number of aromatic nitrogens is 2. The minimum atomic E-state index is -0.635. The largest absolute Gasteiger partial charge is 0.444 e. The molecule has 0 saturated carbocycles. The van der Waals surface area contributed by atoms with Gasteiger partial charge in [0.1, 0.15) is 11.4 Å². The number of alkyl carbamates (subject to hydrolysis) is 1. The molecule has 29 heavy (non-hydrogen) atoms. The maximum atomic E-state index is 13.4.